The molecule has 0 N–H and O–H groups in total. The van der Waals surface area contributed by atoms with E-state index in [1.807, 2.05) is 0 Å². The van der Waals surface area contributed by atoms with Crippen molar-refractivity contribution in [2.75, 3.05) is 13.1 Å². The Bertz CT molecular complexity index is 350. The minimum absolute atomic E-state index is 0.260. The molecule has 0 aromatic carbocycles. The van der Waals surface area contributed by atoms with Crippen LogP contribution in [0.3, 0.4) is 0 Å². The fourth-order valence-electron chi connectivity index (χ4n) is 2.50. The van der Waals surface area contributed by atoms with Crippen molar-refractivity contribution in [1.82, 2.24) is 15.0 Å². The van der Waals surface area contributed by atoms with E-state index in [4.69, 9.17) is 4.52 Å². The average Bonchev–Trinajstić information content (AvgIpc) is 2.77. The summed E-state index contributed by atoms with van der Waals surface area (Å²) in [5, 5.41) is 4.03. The van der Waals surface area contributed by atoms with Gasteiger partial charge in [0.25, 0.3) is 0 Å². The molecule has 4 nitrogen and oxygen atoms in total. The van der Waals surface area contributed by atoms with E-state index in [9.17, 15) is 0 Å². The smallest absolute Gasteiger partial charge is 0.243 e. The zero-order valence-electron chi connectivity index (χ0n) is 11.1. The summed E-state index contributed by atoms with van der Waals surface area (Å²) in [5.41, 5.74) is 0. The molecule has 1 aromatic rings. The van der Waals surface area contributed by atoms with Gasteiger partial charge in [-0.1, -0.05) is 19.0 Å². The van der Waals surface area contributed by atoms with E-state index in [1.165, 1.54) is 12.8 Å². The van der Waals surface area contributed by atoms with Crippen molar-refractivity contribution in [3.63, 3.8) is 0 Å². The average molecular weight is 237 g/mol. The summed E-state index contributed by atoms with van der Waals surface area (Å²) >= 11 is 0. The summed E-state index contributed by atoms with van der Waals surface area (Å²) in [5.74, 6) is 2.41. The largest absolute Gasteiger partial charge is 0.338 e. The van der Waals surface area contributed by atoms with Gasteiger partial charge in [-0.2, -0.15) is 4.98 Å². The van der Waals surface area contributed by atoms with Crippen LogP contribution < -0.4 is 0 Å². The van der Waals surface area contributed by atoms with E-state index in [0.29, 0.717) is 0 Å². The van der Waals surface area contributed by atoms with Gasteiger partial charge in [0.1, 0.15) is 0 Å². The Morgan fingerprint density at radius 1 is 1.53 bits per heavy atom. The lowest BCUT2D eigenvalue weighted by atomic mass is 9.99. The van der Waals surface area contributed by atoms with Crippen LogP contribution in [-0.2, 0) is 6.42 Å². The molecule has 0 aliphatic carbocycles. The molecular formula is C13H23N3O. The molecule has 1 aromatic heterocycles. The normalized spacial score (nSPS) is 23.8. The van der Waals surface area contributed by atoms with Crippen LogP contribution in [0, 0.1) is 5.92 Å². The first kappa shape index (κ1) is 12.6. The Morgan fingerprint density at radius 2 is 2.35 bits per heavy atom. The third-order valence-corrected chi connectivity index (χ3v) is 3.55. The van der Waals surface area contributed by atoms with Gasteiger partial charge in [-0.05, 0) is 38.6 Å². The molecule has 1 aliphatic heterocycles. The Kier molecular flexibility index (Phi) is 4.15. The van der Waals surface area contributed by atoms with Crippen molar-refractivity contribution in [2.24, 2.45) is 5.92 Å². The second-order valence-electron chi connectivity index (χ2n) is 5.22. The van der Waals surface area contributed by atoms with Crippen LogP contribution in [0.4, 0.5) is 0 Å². The molecule has 96 valence electrons. The molecule has 2 heterocycles. The summed E-state index contributed by atoms with van der Waals surface area (Å²) in [6, 6.07) is 0.260. The van der Waals surface area contributed by atoms with Crippen molar-refractivity contribution >= 4 is 0 Å². The van der Waals surface area contributed by atoms with Gasteiger partial charge in [-0.25, -0.2) is 0 Å². The topological polar surface area (TPSA) is 42.2 Å². The minimum Gasteiger partial charge on any atom is -0.338 e. The molecule has 1 aliphatic rings. The summed E-state index contributed by atoms with van der Waals surface area (Å²) in [6.45, 7) is 8.91. The first-order valence-electron chi connectivity index (χ1n) is 6.77. The number of nitrogens with zero attached hydrogens (tertiary/aromatic N) is 3. The summed E-state index contributed by atoms with van der Waals surface area (Å²) < 4.78 is 5.36. The molecular weight excluding hydrogens is 214 g/mol. The van der Waals surface area contributed by atoms with Crippen molar-refractivity contribution in [3.8, 4) is 0 Å². The van der Waals surface area contributed by atoms with Crippen LogP contribution >= 0.6 is 0 Å². The van der Waals surface area contributed by atoms with Crippen molar-refractivity contribution in [3.05, 3.63) is 11.7 Å². The lowest BCUT2D eigenvalue weighted by Crippen LogP contribution is -2.36. The van der Waals surface area contributed by atoms with Gasteiger partial charge in [0.15, 0.2) is 5.82 Å². The number of aryl methyl sites for hydroxylation is 1. The van der Waals surface area contributed by atoms with Crippen LogP contribution in [0.25, 0.3) is 0 Å². The van der Waals surface area contributed by atoms with Crippen LogP contribution in [-0.4, -0.2) is 28.1 Å². The van der Waals surface area contributed by atoms with Gasteiger partial charge >= 0.3 is 0 Å². The Hall–Kier alpha value is -0.900. The lowest BCUT2D eigenvalue weighted by Gasteiger charge is -2.33. The number of rotatable bonds is 4. The van der Waals surface area contributed by atoms with Crippen LogP contribution in [0.5, 0.6) is 0 Å². The quantitative estimate of drug-likeness (QED) is 0.807. The van der Waals surface area contributed by atoms with Gasteiger partial charge in [0.2, 0.25) is 5.89 Å². The summed E-state index contributed by atoms with van der Waals surface area (Å²) in [7, 11) is 0. The Labute approximate surface area is 103 Å². The fourth-order valence-corrected chi connectivity index (χ4v) is 2.50. The first-order valence-corrected chi connectivity index (χ1v) is 6.77. The molecule has 0 bridgehead atoms. The zero-order chi connectivity index (χ0) is 12.3. The molecule has 0 amide bonds. The Morgan fingerprint density at radius 3 is 3.06 bits per heavy atom. The van der Waals surface area contributed by atoms with Gasteiger partial charge in [0, 0.05) is 13.0 Å². The molecule has 0 saturated carbocycles. The highest BCUT2D eigenvalue weighted by atomic mass is 16.5. The Balaban J connectivity index is 1.99. The molecule has 4 heteroatoms. The molecule has 2 atom stereocenters. The second kappa shape index (κ2) is 5.63. The highest BCUT2D eigenvalue weighted by molar-refractivity contribution is 4.93. The maximum atomic E-state index is 5.36. The number of likely N-dealkylation sites (tertiary alicyclic amines) is 1. The van der Waals surface area contributed by atoms with Crippen LogP contribution in [0.15, 0.2) is 4.52 Å². The molecule has 0 radical (unpaired) electrons. The van der Waals surface area contributed by atoms with Gasteiger partial charge in [-0.15, -0.1) is 0 Å². The predicted molar refractivity (Wildman–Crippen MR) is 66.7 cm³/mol. The summed E-state index contributed by atoms with van der Waals surface area (Å²) in [4.78, 5) is 6.94. The van der Waals surface area contributed by atoms with E-state index < -0.39 is 0 Å². The maximum absolute atomic E-state index is 5.36. The van der Waals surface area contributed by atoms with Crippen molar-refractivity contribution in [2.45, 2.75) is 52.5 Å². The molecule has 2 rings (SSSR count). The van der Waals surface area contributed by atoms with Gasteiger partial charge < -0.3 is 4.52 Å². The number of hydrogen-bond donors (Lipinski definition) is 0. The van der Waals surface area contributed by atoms with Gasteiger partial charge in [-0.3, -0.25) is 4.90 Å². The number of hydrogen-bond acceptors (Lipinski definition) is 4. The third kappa shape index (κ3) is 3.06. The van der Waals surface area contributed by atoms with E-state index in [1.54, 1.807) is 0 Å². The van der Waals surface area contributed by atoms with Crippen LogP contribution in [0.1, 0.15) is 57.8 Å². The van der Waals surface area contributed by atoms with E-state index in [2.05, 4.69) is 35.8 Å². The van der Waals surface area contributed by atoms with Crippen LogP contribution in [0.2, 0.25) is 0 Å². The molecule has 0 unspecified atom stereocenters. The molecule has 17 heavy (non-hydrogen) atoms. The van der Waals surface area contributed by atoms with E-state index >= 15 is 0 Å². The summed E-state index contributed by atoms with van der Waals surface area (Å²) in [6.07, 6.45) is 4.59. The predicted octanol–water partition coefficient (Wildman–Crippen LogP) is 2.82. The number of piperidine rings is 1. The highest BCUT2D eigenvalue weighted by Gasteiger charge is 2.25. The van der Waals surface area contributed by atoms with E-state index in [0.717, 1.165) is 43.6 Å². The second-order valence-corrected chi connectivity index (χ2v) is 5.22. The monoisotopic (exact) mass is 237 g/mol. The zero-order valence-corrected chi connectivity index (χ0v) is 11.1. The highest BCUT2D eigenvalue weighted by Crippen LogP contribution is 2.25. The van der Waals surface area contributed by atoms with Crippen molar-refractivity contribution in [1.29, 1.82) is 0 Å². The minimum atomic E-state index is 0.260. The molecule has 0 spiro atoms. The number of aromatic nitrogens is 2. The third-order valence-electron chi connectivity index (χ3n) is 3.55. The van der Waals surface area contributed by atoms with Gasteiger partial charge in [0.05, 0.1) is 6.04 Å². The van der Waals surface area contributed by atoms with E-state index in [-0.39, 0.29) is 6.04 Å². The fraction of sp³-hybridized carbons (Fsp3) is 0.846. The maximum Gasteiger partial charge on any atom is 0.243 e. The SMILES string of the molecule is CCCc1noc([C@H](C)N2CCC[C@H](C)C2)n1. The van der Waals surface area contributed by atoms with Crippen molar-refractivity contribution < 1.29 is 4.52 Å². The first-order chi connectivity index (χ1) is 8.20. The standard InChI is InChI=1S/C13H23N3O/c1-4-6-12-14-13(17-15-12)11(3)16-8-5-7-10(2)9-16/h10-11H,4-9H2,1-3H3/t10-,11-/m0/s1. The molecule has 1 saturated heterocycles. The lowest BCUT2D eigenvalue weighted by molar-refractivity contribution is 0.117. The molecule has 1 fully saturated rings.